The molecule has 15 heavy (non-hydrogen) atoms. The Bertz CT molecular complexity index is 334. The molecule has 0 aliphatic carbocycles. The van der Waals surface area contributed by atoms with Gasteiger partial charge in [0.25, 0.3) is 0 Å². The Morgan fingerprint density at radius 3 is 2.87 bits per heavy atom. The van der Waals surface area contributed by atoms with E-state index in [9.17, 15) is 9.59 Å². The van der Waals surface area contributed by atoms with Gasteiger partial charge in [-0.25, -0.2) is 9.59 Å². The van der Waals surface area contributed by atoms with Gasteiger partial charge in [0.1, 0.15) is 0 Å². The van der Waals surface area contributed by atoms with Crippen LogP contribution in [0.4, 0.5) is 4.79 Å². The third-order valence-corrected chi connectivity index (χ3v) is 2.60. The number of carbonyl (C=O) groups is 2. The zero-order valence-electron chi connectivity index (χ0n) is 8.65. The summed E-state index contributed by atoms with van der Waals surface area (Å²) in [5.41, 5.74) is 0.402. The topological polar surface area (TPSA) is 55.4 Å². The fourth-order valence-corrected chi connectivity index (χ4v) is 1.48. The number of hydrogen-bond donors (Lipinski definition) is 1. The molecule has 0 spiro atoms. The van der Waals surface area contributed by atoms with Crippen molar-refractivity contribution in [1.82, 2.24) is 5.32 Å². The normalized spacial score (nSPS) is 11.9. The monoisotopic (exact) mass is 227 g/mol. The average Bonchev–Trinajstić information content (AvgIpc) is 2.70. The second kappa shape index (κ2) is 5.50. The van der Waals surface area contributed by atoms with Gasteiger partial charge in [0.15, 0.2) is 0 Å². The van der Waals surface area contributed by atoms with E-state index >= 15 is 0 Å². The summed E-state index contributed by atoms with van der Waals surface area (Å²) in [7, 11) is 0. The predicted octanol–water partition coefficient (Wildman–Crippen LogP) is 2.41. The predicted molar refractivity (Wildman–Crippen MR) is 58.0 cm³/mol. The molecular weight excluding hydrogens is 214 g/mol. The van der Waals surface area contributed by atoms with Crippen molar-refractivity contribution < 1.29 is 14.3 Å². The molecule has 0 radical (unpaired) electrons. The second-order valence-corrected chi connectivity index (χ2v) is 3.92. The Labute approximate surface area is 92.2 Å². The third-order valence-electron chi connectivity index (χ3n) is 1.92. The van der Waals surface area contributed by atoms with Crippen LogP contribution in [0.3, 0.4) is 0 Å². The number of amides is 1. The van der Waals surface area contributed by atoms with E-state index in [1.807, 2.05) is 13.8 Å². The third kappa shape index (κ3) is 3.71. The number of hydrogen-bond acceptors (Lipinski definition) is 4. The highest BCUT2D eigenvalue weighted by Crippen LogP contribution is 2.07. The van der Waals surface area contributed by atoms with E-state index in [-0.39, 0.29) is 6.04 Å². The Hall–Kier alpha value is -1.36. The minimum atomic E-state index is -0.694. The van der Waals surface area contributed by atoms with Crippen molar-refractivity contribution in [1.29, 1.82) is 0 Å². The van der Waals surface area contributed by atoms with Gasteiger partial charge >= 0.3 is 12.1 Å². The first-order chi connectivity index (χ1) is 7.13. The van der Waals surface area contributed by atoms with Crippen LogP contribution in [0.25, 0.3) is 0 Å². The molecule has 0 saturated carbocycles. The average molecular weight is 227 g/mol. The Morgan fingerprint density at radius 2 is 2.33 bits per heavy atom. The molecular formula is C10H13NO3S. The summed E-state index contributed by atoms with van der Waals surface area (Å²) in [5.74, 6) is -0.614. The molecule has 0 aliphatic heterocycles. The quantitative estimate of drug-likeness (QED) is 0.637. The lowest BCUT2D eigenvalue weighted by molar-refractivity contribution is 0.0618. The highest BCUT2D eigenvalue weighted by atomic mass is 32.1. The molecule has 4 nitrogen and oxygen atoms in total. The van der Waals surface area contributed by atoms with Crippen LogP contribution in [0.5, 0.6) is 0 Å². The van der Waals surface area contributed by atoms with Gasteiger partial charge in [-0.3, -0.25) is 0 Å². The fraction of sp³-hybridized carbons (Fsp3) is 0.400. The maximum Gasteiger partial charge on any atom is 0.415 e. The zero-order chi connectivity index (χ0) is 11.3. The summed E-state index contributed by atoms with van der Waals surface area (Å²) < 4.78 is 4.58. The number of thiophene rings is 1. The van der Waals surface area contributed by atoms with Gasteiger partial charge < -0.3 is 10.1 Å². The minimum Gasteiger partial charge on any atom is -0.373 e. The molecule has 1 amide bonds. The molecule has 1 N–H and O–H groups in total. The second-order valence-electron chi connectivity index (χ2n) is 3.14. The first-order valence-electron chi connectivity index (χ1n) is 4.68. The van der Waals surface area contributed by atoms with E-state index < -0.39 is 12.1 Å². The Kier molecular flexibility index (Phi) is 4.30. The molecule has 0 aliphatic rings. The Balaban J connectivity index is 2.42. The fourth-order valence-electron chi connectivity index (χ4n) is 0.856. The number of ether oxygens (including phenoxy) is 1. The highest BCUT2D eigenvalue weighted by molar-refractivity contribution is 7.08. The van der Waals surface area contributed by atoms with Crippen molar-refractivity contribution in [3.05, 3.63) is 22.4 Å². The summed E-state index contributed by atoms with van der Waals surface area (Å²) >= 11 is 1.38. The van der Waals surface area contributed by atoms with Crippen LogP contribution in [0.2, 0.25) is 0 Å². The lowest BCUT2D eigenvalue weighted by atomic mass is 10.3. The van der Waals surface area contributed by atoms with Gasteiger partial charge in [0.2, 0.25) is 0 Å². The molecule has 0 aromatic carbocycles. The van der Waals surface area contributed by atoms with Crippen molar-refractivity contribution in [2.75, 3.05) is 0 Å². The van der Waals surface area contributed by atoms with Crippen LogP contribution in [0.15, 0.2) is 16.8 Å². The summed E-state index contributed by atoms with van der Waals surface area (Å²) in [6.07, 6.45) is 0.0995. The van der Waals surface area contributed by atoms with Crippen LogP contribution in [-0.2, 0) is 4.74 Å². The van der Waals surface area contributed by atoms with Crippen molar-refractivity contribution in [3.8, 4) is 0 Å². The number of rotatable bonds is 3. The first kappa shape index (κ1) is 11.7. The molecule has 0 saturated heterocycles. The smallest absolute Gasteiger partial charge is 0.373 e. The SMILES string of the molecule is CCC(C)NC(=O)OC(=O)c1ccsc1. The van der Waals surface area contributed by atoms with Crippen LogP contribution in [0, 0.1) is 0 Å². The lowest BCUT2D eigenvalue weighted by Gasteiger charge is -2.09. The van der Waals surface area contributed by atoms with Gasteiger partial charge in [0, 0.05) is 11.4 Å². The summed E-state index contributed by atoms with van der Waals surface area (Å²) in [4.78, 5) is 22.5. The van der Waals surface area contributed by atoms with Crippen molar-refractivity contribution in [2.45, 2.75) is 26.3 Å². The van der Waals surface area contributed by atoms with Gasteiger partial charge in [-0.1, -0.05) is 6.92 Å². The van der Waals surface area contributed by atoms with Crippen LogP contribution in [-0.4, -0.2) is 18.1 Å². The number of nitrogens with one attached hydrogen (secondary N) is 1. The van der Waals surface area contributed by atoms with Crippen molar-refractivity contribution in [3.63, 3.8) is 0 Å². The molecule has 82 valence electrons. The molecule has 1 aromatic rings. The molecule has 0 bridgehead atoms. The van der Waals surface area contributed by atoms with Crippen LogP contribution < -0.4 is 5.32 Å². The molecule has 1 atom stereocenters. The maximum atomic E-state index is 11.3. The largest absolute Gasteiger partial charge is 0.415 e. The Morgan fingerprint density at radius 1 is 1.60 bits per heavy atom. The zero-order valence-corrected chi connectivity index (χ0v) is 9.47. The summed E-state index contributed by atoms with van der Waals surface area (Å²) in [5, 5.41) is 5.93. The van der Waals surface area contributed by atoms with E-state index in [0.29, 0.717) is 5.56 Å². The van der Waals surface area contributed by atoms with E-state index in [4.69, 9.17) is 0 Å². The summed E-state index contributed by atoms with van der Waals surface area (Å²) in [6, 6.07) is 1.62. The minimum absolute atomic E-state index is 0.00720. The van der Waals surface area contributed by atoms with E-state index in [1.165, 1.54) is 11.3 Å². The van der Waals surface area contributed by atoms with E-state index in [2.05, 4.69) is 10.1 Å². The van der Waals surface area contributed by atoms with Crippen molar-refractivity contribution in [2.24, 2.45) is 0 Å². The lowest BCUT2D eigenvalue weighted by Crippen LogP contribution is -2.33. The maximum absolute atomic E-state index is 11.3. The molecule has 0 fully saturated rings. The highest BCUT2D eigenvalue weighted by Gasteiger charge is 2.14. The van der Waals surface area contributed by atoms with Gasteiger partial charge in [-0.2, -0.15) is 11.3 Å². The molecule has 5 heteroatoms. The molecule has 1 heterocycles. The van der Waals surface area contributed by atoms with Gasteiger partial charge in [-0.05, 0) is 24.8 Å². The van der Waals surface area contributed by atoms with Gasteiger partial charge in [-0.15, -0.1) is 0 Å². The first-order valence-corrected chi connectivity index (χ1v) is 5.62. The number of esters is 1. The van der Waals surface area contributed by atoms with Crippen molar-refractivity contribution >= 4 is 23.4 Å². The van der Waals surface area contributed by atoms with Crippen LogP contribution in [0.1, 0.15) is 30.6 Å². The van der Waals surface area contributed by atoms with Gasteiger partial charge in [0.05, 0.1) is 5.56 Å². The van der Waals surface area contributed by atoms with Crippen LogP contribution >= 0.6 is 11.3 Å². The number of carbonyl (C=O) groups excluding carboxylic acids is 2. The molecule has 1 aromatic heterocycles. The van der Waals surface area contributed by atoms with E-state index in [0.717, 1.165) is 6.42 Å². The standard InChI is InChI=1S/C10H13NO3S/c1-3-7(2)11-10(13)14-9(12)8-4-5-15-6-8/h4-7H,3H2,1-2H3,(H,11,13). The molecule has 1 rings (SSSR count). The number of alkyl carbamates (subject to hydrolysis) is 1. The summed E-state index contributed by atoms with van der Waals surface area (Å²) in [6.45, 7) is 3.78. The van der Waals surface area contributed by atoms with E-state index in [1.54, 1.807) is 16.8 Å². The molecule has 1 unspecified atom stereocenters.